The fourth-order valence-corrected chi connectivity index (χ4v) is 4.53. The summed E-state index contributed by atoms with van der Waals surface area (Å²) in [5, 5.41) is 3.65. The van der Waals surface area contributed by atoms with E-state index in [9.17, 15) is 9.59 Å². The fourth-order valence-electron chi connectivity index (χ4n) is 4.53. The predicted octanol–water partition coefficient (Wildman–Crippen LogP) is 4.27. The number of aryl methyl sites for hydroxylation is 1. The maximum Gasteiger partial charge on any atom is 0.339 e. The normalized spacial score (nSPS) is 15.4. The fraction of sp³-hybridized carbons (Fsp3) is 0.346. The molecule has 1 atom stereocenters. The van der Waals surface area contributed by atoms with Crippen LogP contribution in [0.15, 0.2) is 42.5 Å². The molecule has 2 aromatic carbocycles. The van der Waals surface area contributed by atoms with Crippen molar-refractivity contribution < 1.29 is 23.8 Å². The van der Waals surface area contributed by atoms with Crippen LogP contribution in [0.3, 0.4) is 0 Å². The lowest BCUT2D eigenvalue weighted by molar-refractivity contribution is -0.124. The van der Waals surface area contributed by atoms with Crippen LogP contribution in [0.1, 0.15) is 59.4 Å². The Morgan fingerprint density at radius 2 is 1.88 bits per heavy atom. The Morgan fingerprint density at radius 1 is 1.06 bits per heavy atom. The molecule has 2 heterocycles. The summed E-state index contributed by atoms with van der Waals surface area (Å²) in [4.78, 5) is 30.5. The first-order valence-electron chi connectivity index (χ1n) is 11.4. The van der Waals surface area contributed by atoms with Gasteiger partial charge >= 0.3 is 5.97 Å². The van der Waals surface area contributed by atoms with Crippen molar-refractivity contribution in [2.75, 3.05) is 13.4 Å². The topological polar surface area (TPSA) is 86.8 Å². The van der Waals surface area contributed by atoms with Crippen LogP contribution in [0.5, 0.6) is 11.5 Å². The van der Waals surface area contributed by atoms with E-state index >= 15 is 0 Å². The molecule has 0 radical (unpaired) electrons. The van der Waals surface area contributed by atoms with Crippen molar-refractivity contribution in [3.8, 4) is 11.5 Å². The molecular weight excluding hydrogens is 420 g/mol. The number of nitrogens with zero attached hydrogens (tertiary/aromatic N) is 1. The second-order valence-corrected chi connectivity index (χ2v) is 8.47. The Kier molecular flexibility index (Phi) is 5.86. The van der Waals surface area contributed by atoms with Crippen molar-refractivity contribution in [2.24, 2.45) is 0 Å². The number of esters is 1. The van der Waals surface area contributed by atoms with E-state index in [2.05, 4.69) is 5.32 Å². The van der Waals surface area contributed by atoms with E-state index in [1.165, 1.54) is 0 Å². The zero-order valence-corrected chi connectivity index (χ0v) is 18.6. The van der Waals surface area contributed by atoms with Gasteiger partial charge in [0.1, 0.15) is 0 Å². The maximum absolute atomic E-state index is 13.2. The maximum atomic E-state index is 13.2. The first kappa shape index (κ1) is 21.2. The molecule has 3 aromatic rings. The highest BCUT2D eigenvalue weighted by molar-refractivity contribution is 6.05. The SMILES string of the molecule is CC(NC(=O)COC(=O)c1c2c(nc3ccccc13)CCCCC2)c1ccc2c(c1)OCO2. The van der Waals surface area contributed by atoms with Gasteiger partial charge in [0.25, 0.3) is 5.91 Å². The van der Waals surface area contributed by atoms with Gasteiger partial charge in [-0.3, -0.25) is 9.78 Å². The van der Waals surface area contributed by atoms with E-state index in [1.54, 1.807) is 0 Å². The number of carbonyl (C=O) groups is 2. The minimum Gasteiger partial charge on any atom is -0.454 e. The zero-order valence-electron chi connectivity index (χ0n) is 18.6. The number of carbonyl (C=O) groups excluding carboxylic acids is 2. The van der Waals surface area contributed by atoms with Crippen molar-refractivity contribution in [1.82, 2.24) is 10.3 Å². The Morgan fingerprint density at radius 3 is 2.79 bits per heavy atom. The number of rotatable bonds is 5. The Bertz CT molecular complexity index is 1220. The highest BCUT2D eigenvalue weighted by atomic mass is 16.7. The van der Waals surface area contributed by atoms with Crippen LogP contribution in [0.4, 0.5) is 0 Å². The van der Waals surface area contributed by atoms with Crippen molar-refractivity contribution >= 4 is 22.8 Å². The van der Waals surface area contributed by atoms with Crippen LogP contribution < -0.4 is 14.8 Å². The number of aromatic nitrogens is 1. The van der Waals surface area contributed by atoms with Crippen LogP contribution in [0.25, 0.3) is 10.9 Å². The van der Waals surface area contributed by atoms with E-state index in [0.717, 1.165) is 59.8 Å². The van der Waals surface area contributed by atoms with Gasteiger partial charge in [-0.15, -0.1) is 0 Å². The Hall–Kier alpha value is -3.61. The molecular formula is C26H26N2O5. The predicted molar refractivity (Wildman–Crippen MR) is 122 cm³/mol. The third kappa shape index (κ3) is 4.35. The van der Waals surface area contributed by atoms with Gasteiger partial charge in [-0.05, 0) is 61.9 Å². The van der Waals surface area contributed by atoms with Crippen LogP contribution >= 0.6 is 0 Å². The minimum atomic E-state index is -0.474. The van der Waals surface area contributed by atoms with E-state index in [-0.39, 0.29) is 25.3 Å². The van der Waals surface area contributed by atoms with Gasteiger partial charge < -0.3 is 19.5 Å². The summed E-state index contributed by atoms with van der Waals surface area (Å²) in [7, 11) is 0. The largest absolute Gasteiger partial charge is 0.454 e. The second kappa shape index (κ2) is 9.10. The molecule has 7 heteroatoms. The monoisotopic (exact) mass is 446 g/mol. The quantitative estimate of drug-likeness (QED) is 0.465. The van der Waals surface area contributed by atoms with Gasteiger partial charge in [0.15, 0.2) is 18.1 Å². The molecule has 0 spiro atoms. The number of para-hydroxylation sites is 1. The number of pyridine rings is 1. The molecule has 0 bridgehead atoms. The summed E-state index contributed by atoms with van der Waals surface area (Å²) in [5.41, 5.74) is 4.15. The first-order chi connectivity index (χ1) is 16.1. The summed E-state index contributed by atoms with van der Waals surface area (Å²) < 4.78 is 16.2. The number of benzene rings is 2. The van der Waals surface area contributed by atoms with E-state index in [1.807, 2.05) is 49.4 Å². The summed E-state index contributed by atoms with van der Waals surface area (Å²) in [6.45, 7) is 1.72. The summed E-state index contributed by atoms with van der Waals surface area (Å²) in [6, 6.07) is 12.9. The minimum absolute atomic E-state index is 0.197. The molecule has 0 fully saturated rings. The van der Waals surface area contributed by atoms with Crippen molar-refractivity contribution in [3.05, 3.63) is 64.8 Å². The lowest BCUT2D eigenvalue weighted by Crippen LogP contribution is -2.31. The van der Waals surface area contributed by atoms with Gasteiger partial charge in [-0.25, -0.2) is 4.79 Å². The Labute approximate surface area is 192 Å². The van der Waals surface area contributed by atoms with Gasteiger partial charge in [0, 0.05) is 11.1 Å². The standard InChI is InChI=1S/C26H26N2O5/c1-16(17-11-12-22-23(13-17)33-15-32-22)27-24(29)14-31-26(30)25-18-7-3-2-4-9-20(18)28-21-10-6-5-8-19(21)25/h5-6,8,10-13,16H,2-4,7,9,14-15H2,1H3,(H,27,29). The lowest BCUT2D eigenvalue weighted by Gasteiger charge is -2.16. The van der Waals surface area contributed by atoms with Crippen molar-refractivity contribution in [2.45, 2.75) is 45.1 Å². The Balaban J connectivity index is 1.30. The molecule has 170 valence electrons. The lowest BCUT2D eigenvalue weighted by atomic mass is 9.97. The summed E-state index contributed by atoms with van der Waals surface area (Å²) in [5.74, 6) is 0.510. The van der Waals surface area contributed by atoms with E-state index in [0.29, 0.717) is 17.1 Å². The third-order valence-electron chi connectivity index (χ3n) is 6.23. The number of amides is 1. The highest BCUT2D eigenvalue weighted by Gasteiger charge is 2.24. The average molecular weight is 447 g/mol. The van der Waals surface area contributed by atoms with Crippen molar-refractivity contribution in [1.29, 1.82) is 0 Å². The third-order valence-corrected chi connectivity index (χ3v) is 6.23. The van der Waals surface area contributed by atoms with E-state index in [4.69, 9.17) is 19.2 Å². The molecule has 33 heavy (non-hydrogen) atoms. The second-order valence-electron chi connectivity index (χ2n) is 8.47. The number of ether oxygens (including phenoxy) is 3. The molecule has 1 amide bonds. The first-order valence-corrected chi connectivity index (χ1v) is 11.4. The average Bonchev–Trinajstić information content (AvgIpc) is 3.18. The molecule has 5 rings (SSSR count). The highest BCUT2D eigenvalue weighted by Crippen LogP contribution is 2.34. The zero-order chi connectivity index (χ0) is 22.8. The molecule has 0 saturated carbocycles. The van der Waals surface area contributed by atoms with Crippen LogP contribution in [-0.2, 0) is 22.4 Å². The molecule has 1 aliphatic carbocycles. The van der Waals surface area contributed by atoms with Crippen LogP contribution in [0.2, 0.25) is 0 Å². The van der Waals surface area contributed by atoms with Crippen molar-refractivity contribution in [3.63, 3.8) is 0 Å². The van der Waals surface area contributed by atoms with Gasteiger partial charge in [-0.2, -0.15) is 0 Å². The summed E-state index contributed by atoms with van der Waals surface area (Å²) >= 11 is 0. The molecule has 2 aliphatic rings. The molecule has 1 aromatic heterocycles. The number of hydrogen-bond acceptors (Lipinski definition) is 6. The molecule has 1 unspecified atom stereocenters. The molecule has 7 nitrogen and oxygen atoms in total. The number of fused-ring (bicyclic) bond motifs is 3. The van der Waals surface area contributed by atoms with Gasteiger partial charge in [-0.1, -0.05) is 30.7 Å². The smallest absolute Gasteiger partial charge is 0.339 e. The van der Waals surface area contributed by atoms with Gasteiger partial charge in [0.05, 0.1) is 17.1 Å². The summed E-state index contributed by atoms with van der Waals surface area (Å²) in [6.07, 6.45) is 4.84. The van der Waals surface area contributed by atoms with Crippen LogP contribution in [-0.4, -0.2) is 30.3 Å². The molecule has 1 aliphatic heterocycles. The van der Waals surface area contributed by atoms with Crippen LogP contribution in [0, 0.1) is 0 Å². The molecule has 1 N–H and O–H groups in total. The van der Waals surface area contributed by atoms with Gasteiger partial charge in [0.2, 0.25) is 6.79 Å². The van der Waals surface area contributed by atoms with E-state index < -0.39 is 5.97 Å². The number of nitrogens with one attached hydrogen (secondary N) is 1. The molecule has 0 saturated heterocycles. The number of hydrogen-bond donors (Lipinski definition) is 1.